The molecule has 160 valence electrons. The van der Waals surface area contributed by atoms with Gasteiger partial charge in [-0.2, -0.15) is 0 Å². The molecule has 1 aliphatic rings. The summed E-state index contributed by atoms with van der Waals surface area (Å²) >= 11 is 0. The van der Waals surface area contributed by atoms with E-state index in [4.69, 9.17) is 4.74 Å². The third kappa shape index (κ3) is 3.42. The number of piperidine rings is 1. The number of rotatable bonds is 5. The minimum absolute atomic E-state index is 0.244. The van der Waals surface area contributed by atoms with Crippen LogP contribution in [0.15, 0.2) is 47.5 Å². The minimum Gasteiger partial charge on any atom is -0.491 e. The van der Waals surface area contributed by atoms with Crippen LogP contribution in [0.4, 0.5) is 5.69 Å². The molecule has 8 nitrogen and oxygen atoms in total. The van der Waals surface area contributed by atoms with Crippen molar-refractivity contribution in [2.75, 3.05) is 31.6 Å². The summed E-state index contributed by atoms with van der Waals surface area (Å²) in [4.78, 5) is 26.9. The topological polar surface area (TPSA) is 88.1 Å². The van der Waals surface area contributed by atoms with Gasteiger partial charge in [0.15, 0.2) is 5.65 Å². The fourth-order valence-corrected chi connectivity index (χ4v) is 4.48. The molecule has 0 aliphatic carbocycles. The number of pyridine rings is 2. The molecule has 1 fully saturated rings. The van der Waals surface area contributed by atoms with Gasteiger partial charge < -0.3 is 15.0 Å². The molecular formula is C23H26N6O2. The van der Waals surface area contributed by atoms with Crippen LogP contribution in [0.5, 0.6) is 5.75 Å². The Kier molecular flexibility index (Phi) is 5.07. The summed E-state index contributed by atoms with van der Waals surface area (Å²) in [5.74, 6) is 0.629. The molecule has 0 bridgehead atoms. The van der Waals surface area contributed by atoms with Gasteiger partial charge in [0.1, 0.15) is 11.3 Å². The van der Waals surface area contributed by atoms with Crippen molar-refractivity contribution >= 4 is 27.8 Å². The van der Waals surface area contributed by atoms with E-state index >= 15 is 0 Å². The van der Waals surface area contributed by atoms with E-state index in [-0.39, 0.29) is 5.69 Å². The second-order valence-corrected chi connectivity index (χ2v) is 7.83. The van der Waals surface area contributed by atoms with Crippen LogP contribution in [0.3, 0.4) is 0 Å². The molecular weight excluding hydrogens is 392 g/mol. The van der Waals surface area contributed by atoms with E-state index in [0.29, 0.717) is 29.6 Å². The summed E-state index contributed by atoms with van der Waals surface area (Å²) in [6.45, 7) is 4.49. The Labute approximate surface area is 179 Å². The van der Waals surface area contributed by atoms with Gasteiger partial charge in [0.05, 0.1) is 17.8 Å². The van der Waals surface area contributed by atoms with E-state index in [1.165, 1.54) is 0 Å². The van der Waals surface area contributed by atoms with E-state index in [2.05, 4.69) is 38.3 Å². The first-order chi connectivity index (χ1) is 15.2. The molecule has 1 aliphatic heterocycles. The van der Waals surface area contributed by atoms with Gasteiger partial charge in [0, 0.05) is 42.6 Å². The van der Waals surface area contributed by atoms with Crippen molar-refractivity contribution in [2.45, 2.75) is 25.8 Å². The standard InChI is InChI=1S/C23H26N6O2/c1-3-31-20-9-13-26-22-21(20)29(23(30)27-22)16-4-5-18-17(14-16)19(8-12-25-18)28(2)15-6-10-24-11-7-15/h4-5,8-9,12-15,24H,3,6-7,10-11H2,1-2H3,(H,26,27,30). The summed E-state index contributed by atoms with van der Waals surface area (Å²) in [5, 5.41) is 4.44. The van der Waals surface area contributed by atoms with Gasteiger partial charge in [0.2, 0.25) is 0 Å². The van der Waals surface area contributed by atoms with Gasteiger partial charge in [0.25, 0.3) is 0 Å². The highest BCUT2D eigenvalue weighted by molar-refractivity contribution is 5.93. The van der Waals surface area contributed by atoms with Crippen LogP contribution in [-0.4, -0.2) is 52.3 Å². The Morgan fingerprint density at radius 2 is 1.97 bits per heavy atom. The SMILES string of the molecule is CCOc1ccnc2[nH]c(=O)n(-c3ccc4nccc(N(C)C5CCNCC5)c4c3)c12. The number of H-pyrrole nitrogens is 1. The molecule has 0 saturated carbocycles. The lowest BCUT2D eigenvalue weighted by Gasteiger charge is -2.34. The van der Waals surface area contributed by atoms with Crippen LogP contribution >= 0.6 is 0 Å². The Balaban J connectivity index is 1.67. The summed E-state index contributed by atoms with van der Waals surface area (Å²) in [7, 11) is 2.15. The molecule has 31 heavy (non-hydrogen) atoms. The maximum Gasteiger partial charge on any atom is 0.332 e. The molecule has 3 aromatic heterocycles. The lowest BCUT2D eigenvalue weighted by atomic mass is 10.0. The minimum atomic E-state index is -0.244. The van der Waals surface area contributed by atoms with Crippen molar-refractivity contribution in [3.8, 4) is 11.4 Å². The number of hydrogen-bond donors (Lipinski definition) is 2. The molecule has 8 heteroatoms. The molecule has 5 rings (SSSR count). The van der Waals surface area contributed by atoms with Gasteiger partial charge in [-0.05, 0) is 57.1 Å². The lowest BCUT2D eigenvalue weighted by Crippen LogP contribution is -2.41. The number of hydrogen-bond acceptors (Lipinski definition) is 6. The highest BCUT2D eigenvalue weighted by atomic mass is 16.5. The van der Waals surface area contributed by atoms with E-state index in [1.807, 2.05) is 31.3 Å². The molecule has 0 atom stereocenters. The number of aromatic amines is 1. The molecule has 0 spiro atoms. The molecule has 2 N–H and O–H groups in total. The van der Waals surface area contributed by atoms with Crippen molar-refractivity contribution in [1.82, 2.24) is 24.8 Å². The summed E-state index contributed by atoms with van der Waals surface area (Å²) in [6.07, 6.45) is 5.70. The molecule has 1 aromatic carbocycles. The van der Waals surface area contributed by atoms with Crippen molar-refractivity contribution in [1.29, 1.82) is 0 Å². The first-order valence-electron chi connectivity index (χ1n) is 10.7. The van der Waals surface area contributed by atoms with Crippen LogP contribution in [0, 0.1) is 0 Å². The predicted molar refractivity (Wildman–Crippen MR) is 122 cm³/mol. The highest BCUT2D eigenvalue weighted by Crippen LogP contribution is 2.31. The van der Waals surface area contributed by atoms with Crippen LogP contribution in [-0.2, 0) is 0 Å². The lowest BCUT2D eigenvalue weighted by molar-refractivity contribution is 0.343. The molecule has 4 aromatic rings. The number of fused-ring (bicyclic) bond motifs is 2. The molecule has 0 amide bonds. The highest BCUT2D eigenvalue weighted by Gasteiger charge is 2.21. The quantitative estimate of drug-likeness (QED) is 0.518. The first kappa shape index (κ1) is 19.6. The number of benzene rings is 1. The van der Waals surface area contributed by atoms with Crippen LogP contribution in [0.1, 0.15) is 19.8 Å². The normalized spacial score (nSPS) is 14.9. The monoisotopic (exact) mass is 418 g/mol. The number of nitrogens with one attached hydrogen (secondary N) is 2. The van der Waals surface area contributed by atoms with Crippen LogP contribution in [0.25, 0.3) is 27.8 Å². The van der Waals surface area contributed by atoms with Gasteiger partial charge in [-0.1, -0.05) is 0 Å². The molecule has 0 unspecified atom stereocenters. The van der Waals surface area contributed by atoms with Crippen molar-refractivity contribution in [3.05, 3.63) is 53.2 Å². The average molecular weight is 419 g/mol. The summed E-state index contributed by atoms with van der Waals surface area (Å²) < 4.78 is 7.41. The van der Waals surface area contributed by atoms with Crippen molar-refractivity contribution in [2.24, 2.45) is 0 Å². The van der Waals surface area contributed by atoms with Crippen LogP contribution in [0.2, 0.25) is 0 Å². The predicted octanol–water partition coefficient (Wildman–Crippen LogP) is 2.85. The Morgan fingerprint density at radius 1 is 1.16 bits per heavy atom. The van der Waals surface area contributed by atoms with Crippen LogP contribution < -0.4 is 20.6 Å². The Hall–Kier alpha value is -3.39. The van der Waals surface area contributed by atoms with E-state index in [0.717, 1.165) is 48.2 Å². The average Bonchev–Trinajstić information content (AvgIpc) is 3.15. The van der Waals surface area contributed by atoms with Gasteiger partial charge in [-0.15, -0.1) is 0 Å². The van der Waals surface area contributed by atoms with Crippen molar-refractivity contribution < 1.29 is 4.74 Å². The first-order valence-corrected chi connectivity index (χ1v) is 10.7. The fraction of sp³-hybridized carbons (Fsp3) is 0.348. The van der Waals surface area contributed by atoms with E-state index in [9.17, 15) is 4.79 Å². The molecule has 4 heterocycles. The summed E-state index contributed by atoms with van der Waals surface area (Å²) in [5.41, 5.74) is 3.69. The second-order valence-electron chi connectivity index (χ2n) is 7.83. The van der Waals surface area contributed by atoms with Crippen molar-refractivity contribution in [3.63, 3.8) is 0 Å². The number of anilines is 1. The maximum absolute atomic E-state index is 12.9. The smallest absolute Gasteiger partial charge is 0.332 e. The molecule has 1 saturated heterocycles. The van der Waals surface area contributed by atoms with E-state index < -0.39 is 0 Å². The van der Waals surface area contributed by atoms with Gasteiger partial charge in [-0.3, -0.25) is 14.5 Å². The Morgan fingerprint density at radius 3 is 2.77 bits per heavy atom. The number of nitrogens with zero attached hydrogens (tertiary/aromatic N) is 4. The summed E-state index contributed by atoms with van der Waals surface area (Å²) in [6, 6.07) is 10.2. The third-order valence-electron chi connectivity index (χ3n) is 6.04. The fourth-order valence-electron chi connectivity index (χ4n) is 4.48. The zero-order valence-electron chi connectivity index (χ0n) is 17.8. The molecule has 0 radical (unpaired) electrons. The number of aromatic nitrogens is 4. The largest absolute Gasteiger partial charge is 0.491 e. The van der Waals surface area contributed by atoms with Gasteiger partial charge >= 0.3 is 5.69 Å². The zero-order chi connectivity index (χ0) is 21.4. The van der Waals surface area contributed by atoms with Gasteiger partial charge in [-0.25, -0.2) is 9.78 Å². The zero-order valence-corrected chi connectivity index (χ0v) is 17.8. The number of ether oxygens (including phenoxy) is 1. The van der Waals surface area contributed by atoms with E-state index in [1.54, 1.807) is 16.8 Å². The third-order valence-corrected chi connectivity index (χ3v) is 6.04. The second kappa shape index (κ2) is 8.03. The Bertz CT molecular complexity index is 1290. The number of imidazole rings is 1. The maximum atomic E-state index is 12.9.